The Labute approximate surface area is 154 Å². The van der Waals surface area contributed by atoms with Gasteiger partial charge in [0.15, 0.2) is 11.5 Å². The first-order valence-corrected chi connectivity index (χ1v) is 9.62. The smallest absolute Gasteiger partial charge is 0.287 e. The van der Waals surface area contributed by atoms with E-state index in [1.807, 2.05) is 13.8 Å². The molecule has 1 aromatic carbocycles. The van der Waals surface area contributed by atoms with Gasteiger partial charge in [-0.3, -0.25) is 9.59 Å². The van der Waals surface area contributed by atoms with E-state index in [0.717, 1.165) is 31.2 Å². The first-order valence-electron chi connectivity index (χ1n) is 9.62. The lowest BCUT2D eigenvalue weighted by molar-refractivity contribution is 0.0906. The van der Waals surface area contributed by atoms with E-state index in [1.54, 1.807) is 0 Å². The van der Waals surface area contributed by atoms with Crippen LogP contribution in [0.3, 0.4) is 0 Å². The summed E-state index contributed by atoms with van der Waals surface area (Å²) in [6.45, 7) is 3.80. The number of aryl methyl sites for hydroxylation is 3. The Hall–Kier alpha value is -2.36. The van der Waals surface area contributed by atoms with Crippen molar-refractivity contribution in [3.05, 3.63) is 57.5 Å². The van der Waals surface area contributed by atoms with Crippen molar-refractivity contribution in [3.63, 3.8) is 0 Å². The highest BCUT2D eigenvalue weighted by Gasteiger charge is 2.29. The Balaban J connectivity index is 1.54. The molecule has 1 aromatic heterocycles. The summed E-state index contributed by atoms with van der Waals surface area (Å²) >= 11 is 0. The fourth-order valence-electron chi connectivity index (χ4n) is 4.23. The van der Waals surface area contributed by atoms with Crippen LogP contribution < -0.4 is 5.32 Å². The second kappa shape index (κ2) is 6.75. The summed E-state index contributed by atoms with van der Waals surface area (Å²) in [5.41, 5.74) is 5.27. The number of ketones is 1. The zero-order chi connectivity index (χ0) is 18.3. The van der Waals surface area contributed by atoms with Crippen LogP contribution >= 0.6 is 0 Å². The molecule has 1 unspecified atom stereocenters. The molecular formula is C22H25NO3. The van der Waals surface area contributed by atoms with Crippen LogP contribution in [0, 0.1) is 6.92 Å². The third kappa shape index (κ3) is 2.98. The van der Waals surface area contributed by atoms with Gasteiger partial charge in [0.1, 0.15) is 5.76 Å². The molecule has 0 aliphatic heterocycles. The summed E-state index contributed by atoms with van der Waals surface area (Å²) in [5.74, 6) is 0.810. The molecule has 0 saturated heterocycles. The Morgan fingerprint density at radius 3 is 2.62 bits per heavy atom. The number of carbonyl (C=O) groups is 2. The molecule has 2 aliphatic rings. The number of fused-ring (bicyclic) bond motifs is 2. The van der Waals surface area contributed by atoms with Crippen LogP contribution in [0.2, 0.25) is 0 Å². The maximum absolute atomic E-state index is 12.7. The topological polar surface area (TPSA) is 59.3 Å². The van der Waals surface area contributed by atoms with Crippen LogP contribution in [-0.4, -0.2) is 11.7 Å². The molecule has 0 saturated carbocycles. The van der Waals surface area contributed by atoms with E-state index >= 15 is 0 Å². The quantitative estimate of drug-likeness (QED) is 0.887. The molecule has 0 fully saturated rings. The predicted octanol–water partition coefficient (Wildman–Crippen LogP) is 4.48. The minimum Gasteiger partial charge on any atom is -0.455 e. The van der Waals surface area contributed by atoms with E-state index in [1.165, 1.54) is 24.0 Å². The molecule has 4 rings (SSSR count). The monoisotopic (exact) mass is 351 g/mol. The normalized spacial score (nSPS) is 17.4. The maximum Gasteiger partial charge on any atom is 0.287 e. The number of rotatable bonds is 3. The molecule has 4 nitrogen and oxygen atoms in total. The minimum atomic E-state index is -0.241. The van der Waals surface area contributed by atoms with Crippen molar-refractivity contribution >= 4 is 11.7 Å². The van der Waals surface area contributed by atoms with Crippen LogP contribution in [0.5, 0.6) is 0 Å². The van der Waals surface area contributed by atoms with Gasteiger partial charge in [-0.2, -0.15) is 0 Å². The number of benzene rings is 1. The number of nitrogens with one attached hydrogen (secondary N) is 1. The summed E-state index contributed by atoms with van der Waals surface area (Å²) < 4.78 is 5.76. The van der Waals surface area contributed by atoms with E-state index in [9.17, 15) is 9.59 Å². The number of furan rings is 1. The van der Waals surface area contributed by atoms with Crippen molar-refractivity contribution in [1.29, 1.82) is 0 Å². The van der Waals surface area contributed by atoms with Crippen LogP contribution in [0.4, 0.5) is 0 Å². The number of hydrogen-bond donors (Lipinski definition) is 1. The highest BCUT2D eigenvalue weighted by Crippen LogP contribution is 2.30. The van der Waals surface area contributed by atoms with E-state index in [-0.39, 0.29) is 23.5 Å². The van der Waals surface area contributed by atoms with Gasteiger partial charge in [-0.15, -0.1) is 0 Å². The van der Waals surface area contributed by atoms with E-state index in [2.05, 4.69) is 23.5 Å². The highest BCUT2D eigenvalue weighted by molar-refractivity contribution is 6.03. The minimum absolute atomic E-state index is 0.0919. The molecule has 0 radical (unpaired) electrons. The van der Waals surface area contributed by atoms with E-state index < -0.39 is 0 Å². The first-order chi connectivity index (χ1) is 12.5. The summed E-state index contributed by atoms with van der Waals surface area (Å²) in [6.07, 6.45) is 6.85. The van der Waals surface area contributed by atoms with Gasteiger partial charge in [0.05, 0.1) is 11.6 Å². The van der Waals surface area contributed by atoms with Gasteiger partial charge in [0.25, 0.3) is 5.91 Å². The van der Waals surface area contributed by atoms with Gasteiger partial charge in [-0.25, -0.2) is 0 Å². The van der Waals surface area contributed by atoms with Crippen LogP contribution in [-0.2, 0) is 19.3 Å². The Morgan fingerprint density at radius 2 is 1.85 bits per heavy atom. The van der Waals surface area contributed by atoms with Gasteiger partial charge >= 0.3 is 0 Å². The van der Waals surface area contributed by atoms with Crippen molar-refractivity contribution in [2.45, 2.75) is 64.8 Å². The van der Waals surface area contributed by atoms with Gasteiger partial charge < -0.3 is 9.73 Å². The SMILES string of the molecule is Cc1c(C(=O)NC(C)c2ccc3c(c2)CCCC3)oc2c1C(=O)CCC2. The molecule has 136 valence electrons. The second-order valence-electron chi connectivity index (χ2n) is 7.56. The first kappa shape index (κ1) is 17.1. The lowest BCUT2D eigenvalue weighted by atomic mass is 9.89. The maximum atomic E-state index is 12.7. The number of amides is 1. The van der Waals surface area contributed by atoms with Gasteiger partial charge in [-0.05, 0) is 62.6 Å². The molecule has 2 aromatic rings. The van der Waals surface area contributed by atoms with E-state index in [4.69, 9.17) is 4.42 Å². The van der Waals surface area contributed by atoms with Gasteiger partial charge in [0.2, 0.25) is 0 Å². The molecular weight excluding hydrogens is 326 g/mol. The lowest BCUT2D eigenvalue weighted by Gasteiger charge is -2.20. The van der Waals surface area contributed by atoms with E-state index in [0.29, 0.717) is 23.3 Å². The molecule has 26 heavy (non-hydrogen) atoms. The molecule has 1 atom stereocenters. The lowest BCUT2D eigenvalue weighted by Crippen LogP contribution is -2.27. The van der Waals surface area contributed by atoms with Gasteiger partial charge in [-0.1, -0.05) is 18.2 Å². The Morgan fingerprint density at radius 1 is 1.08 bits per heavy atom. The molecule has 0 bridgehead atoms. The van der Waals surface area contributed by atoms with Crippen molar-refractivity contribution in [2.75, 3.05) is 0 Å². The van der Waals surface area contributed by atoms with Crippen LogP contribution in [0.1, 0.15) is 87.6 Å². The second-order valence-corrected chi connectivity index (χ2v) is 7.56. The summed E-state index contributed by atoms with van der Waals surface area (Å²) in [5, 5.41) is 3.04. The molecule has 2 aliphatic carbocycles. The van der Waals surface area contributed by atoms with Crippen molar-refractivity contribution in [3.8, 4) is 0 Å². The molecule has 0 spiro atoms. The third-order valence-corrected chi connectivity index (χ3v) is 5.73. The fourth-order valence-corrected chi connectivity index (χ4v) is 4.23. The Bertz CT molecular complexity index is 878. The number of carbonyl (C=O) groups excluding carboxylic acids is 2. The number of hydrogen-bond acceptors (Lipinski definition) is 3. The highest BCUT2D eigenvalue weighted by atomic mass is 16.4. The predicted molar refractivity (Wildman–Crippen MR) is 99.7 cm³/mol. The largest absolute Gasteiger partial charge is 0.455 e. The Kier molecular flexibility index (Phi) is 4.43. The van der Waals surface area contributed by atoms with Crippen molar-refractivity contribution < 1.29 is 14.0 Å². The van der Waals surface area contributed by atoms with Crippen molar-refractivity contribution in [2.24, 2.45) is 0 Å². The van der Waals surface area contributed by atoms with Gasteiger partial charge in [0, 0.05) is 18.4 Å². The summed E-state index contributed by atoms with van der Waals surface area (Å²) in [4.78, 5) is 24.9. The van der Waals surface area contributed by atoms with Crippen molar-refractivity contribution in [1.82, 2.24) is 5.32 Å². The average molecular weight is 351 g/mol. The molecule has 4 heteroatoms. The van der Waals surface area contributed by atoms with Crippen LogP contribution in [0.15, 0.2) is 22.6 Å². The zero-order valence-electron chi connectivity index (χ0n) is 15.5. The summed E-state index contributed by atoms with van der Waals surface area (Å²) in [7, 11) is 0. The fraction of sp³-hybridized carbons (Fsp3) is 0.455. The summed E-state index contributed by atoms with van der Waals surface area (Å²) in [6, 6.07) is 6.43. The average Bonchev–Trinajstić information content (AvgIpc) is 2.99. The molecule has 1 N–H and O–H groups in total. The number of Topliss-reactive ketones (excluding diaryl/α,β-unsaturated/α-hetero) is 1. The molecule has 1 heterocycles. The zero-order valence-corrected chi connectivity index (χ0v) is 15.5. The third-order valence-electron chi connectivity index (χ3n) is 5.73. The standard InChI is InChI=1S/C22H25NO3/c1-13-20-18(24)8-5-9-19(20)26-21(13)22(25)23-14(2)16-11-10-15-6-3-4-7-17(15)12-16/h10-12,14H,3-9H2,1-2H3,(H,23,25). The van der Waals surface area contributed by atoms with Crippen LogP contribution in [0.25, 0.3) is 0 Å². The molecule has 1 amide bonds.